The number of oxime groups is 1. The van der Waals surface area contributed by atoms with Crippen molar-refractivity contribution in [1.82, 2.24) is 0 Å². The molecule has 1 heterocycles. The summed E-state index contributed by atoms with van der Waals surface area (Å²) in [5.74, 6) is 0.749. The zero-order chi connectivity index (χ0) is 10.7. The van der Waals surface area contributed by atoms with Crippen molar-refractivity contribution < 1.29 is 9.57 Å². The van der Waals surface area contributed by atoms with Gasteiger partial charge < -0.3 is 9.57 Å². The minimum atomic E-state index is -0.468. The molecule has 0 spiro atoms. The molecule has 15 heavy (non-hydrogen) atoms. The Morgan fingerprint density at radius 3 is 3.00 bits per heavy atom. The predicted octanol–water partition coefficient (Wildman–Crippen LogP) is 1.71. The van der Waals surface area contributed by atoms with Gasteiger partial charge in [0.05, 0.1) is 12.8 Å². The first-order valence-electron chi connectivity index (χ1n) is 4.61. The SMILES string of the molecule is COc1ccccc1C1=NO[C@H](C#N)C1. The molecule has 1 aliphatic rings. The number of hydrogen-bond donors (Lipinski definition) is 0. The fourth-order valence-electron chi connectivity index (χ4n) is 1.49. The summed E-state index contributed by atoms with van der Waals surface area (Å²) in [4.78, 5) is 4.94. The van der Waals surface area contributed by atoms with Crippen molar-refractivity contribution in [2.45, 2.75) is 12.5 Å². The van der Waals surface area contributed by atoms with Gasteiger partial charge in [-0.1, -0.05) is 17.3 Å². The van der Waals surface area contributed by atoms with Gasteiger partial charge in [-0.05, 0) is 12.1 Å². The molecule has 0 radical (unpaired) electrons. The second-order valence-corrected chi connectivity index (χ2v) is 3.17. The van der Waals surface area contributed by atoms with Crippen molar-refractivity contribution in [2.75, 3.05) is 7.11 Å². The number of rotatable bonds is 2. The lowest BCUT2D eigenvalue weighted by atomic mass is 10.0. The number of ether oxygens (including phenoxy) is 1. The molecule has 4 heteroatoms. The molecule has 0 fully saturated rings. The van der Waals surface area contributed by atoms with E-state index in [0.29, 0.717) is 6.42 Å². The van der Waals surface area contributed by atoms with E-state index >= 15 is 0 Å². The zero-order valence-electron chi connectivity index (χ0n) is 8.30. The van der Waals surface area contributed by atoms with Crippen molar-refractivity contribution in [3.8, 4) is 11.8 Å². The van der Waals surface area contributed by atoms with Crippen LogP contribution in [0.1, 0.15) is 12.0 Å². The molecule has 76 valence electrons. The van der Waals surface area contributed by atoms with Gasteiger partial charge >= 0.3 is 0 Å². The lowest BCUT2D eigenvalue weighted by Gasteiger charge is -2.05. The molecule has 1 aromatic rings. The highest BCUT2D eigenvalue weighted by Crippen LogP contribution is 2.23. The minimum absolute atomic E-state index is 0.468. The normalized spacial score (nSPS) is 18.9. The molecule has 0 amide bonds. The van der Waals surface area contributed by atoms with Gasteiger partial charge in [-0.3, -0.25) is 0 Å². The Kier molecular flexibility index (Phi) is 2.55. The molecule has 2 rings (SSSR count). The number of nitrogens with zero attached hydrogens (tertiary/aromatic N) is 2. The second-order valence-electron chi connectivity index (χ2n) is 3.17. The van der Waals surface area contributed by atoms with Crippen LogP contribution in [-0.2, 0) is 4.84 Å². The average molecular weight is 202 g/mol. The molecule has 0 aliphatic carbocycles. The van der Waals surface area contributed by atoms with E-state index in [1.807, 2.05) is 30.3 Å². The molecule has 1 aliphatic heterocycles. The maximum absolute atomic E-state index is 8.68. The third kappa shape index (κ3) is 1.77. The van der Waals surface area contributed by atoms with E-state index < -0.39 is 6.10 Å². The average Bonchev–Trinajstić information content (AvgIpc) is 2.77. The van der Waals surface area contributed by atoms with Gasteiger partial charge in [-0.2, -0.15) is 5.26 Å². The quantitative estimate of drug-likeness (QED) is 0.733. The smallest absolute Gasteiger partial charge is 0.218 e. The maximum Gasteiger partial charge on any atom is 0.218 e. The third-order valence-electron chi connectivity index (χ3n) is 2.23. The summed E-state index contributed by atoms with van der Waals surface area (Å²) in [6.07, 6.45) is 0.0431. The molecule has 4 nitrogen and oxygen atoms in total. The summed E-state index contributed by atoms with van der Waals surface area (Å²) >= 11 is 0. The fourth-order valence-corrected chi connectivity index (χ4v) is 1.49. The summed E-state index contributed by atoms with van der Waals surface area (Å²) < 4.78 is 5.21. The van der Waals surface area contributed by atoms with Crippen molar-refractivity contribution in [3.63, 3.8) is 0 Å². The molecule has 0 aromatic heterocycles. The van der Waals surface area contributed by atoms with Crippen LogP contribution in [0.15, 0.2) is 29.4 Å². The Balaban J connectivity index is 2.28. The zero-order valence-corrected chi connectivity index (χ0v) is 8.30. The van der Waals surface area contributed by atoms with Crippen molar-refractivity contribution >= 4 is 5.71 Å². The van der Waals surface area contributed by atoms with Crippen LogP contribution < -0.4 is 4.74 Å². The van der Waals surface area contributed by atoms with Crippen molar-refractivity contribution in [3.05, 3.63) is 29.8 Å². The van der Waals surface area contributed by atoms with Crippen LogP contribution in [0, 0.1) is 11.3 Å². The van der Waals surface area contributed by atoms with Gasteiger partial charge in [0.1, 0.15) is 11.8 Å². The highest BCUT2D eigenvalue weighted by molar-refractivity contribution is 6.03. The van der Waals surface area contributed by atoms with Gasteiger partial charge in [0, 0.05) is 12.0 Å². The Hall–Kier alpha value is -2.02. The van der Waals surface area contributed by atoms with Crippen LogP contribution in [0.25, 0.3) is 0 Å². The standard InChI is InChI=1S/C11H10N2O2/c1-14-11-5-3-2-4-9(11)10-6-8(7-12)15-13-10/h2-5,8H,6H2,1H3/t8-/m0/s1. The summed E-state index contributed by atoms with van der Waals surface area (Å²) in [5.41, 5.74) is 1.65. The number of hydrogen-bond acceptors (Lipinski definition) is 4. The van der Waals surface area contributed by atoms with Crippen LogP contribution in [0.5, 0.6) is 5.75 Å². The monoisotopic (exact) mass is 202 g/mol. The summed E-state index contributed by atoms with van der Waals surface area (Å²) in [6.45, 7) is 0. The molecular weight excluding hydrogens is 192 g/mol. The molecule has 0 bridgehead atoms. The summed E-state index contributed by atoms with van der Waals surface area (Å²) in [5, 5.41) is 12.6. The van der Waals surface area contributed by atoms with Crippen LogP contribution in [0.2, 0.25) is 0 Å². The predicted molar refractivity (Wildman–Crippen MR) is 54.6 cm³/mol. The van der Waals surface area contributed by atoms with Crippen LogP contribution >= 0.6 is 0 Å². The fraction of sp³-hybridized carbons (Fsp3) is 0.273. The van der Waals surface area contributed by atoms with Gasteiger partial charge in [-0.15, -0.1) is 0 Å². The van der Waals surface area contributed by atoms with E-state index in [-0.39, 0.29) is 0 Å². The number of benzene rings is 1. The highest BCUT2D eigenvalue weighted by atomic mass is 16.6. The Morgan fingerprint density at radius 1 is 1.53 bits per heavy atom. The molecule has 0 saturated heterocycles. The first kappa shape index (κ1) is 9.53. The first-order chi connectivity index (χ1) is 7.35. The van der Waals surface area contributed by atoms with Gasteiger partial charge in [-0.25, -0.2) is 0 Å². The van der Waals surface area contributed by atoms with Gasteiger partial charge in [0.2, 0.25) is 6.10 Å². The molecule has 0 saturated carbocycles. The van der Waals surface area contributed by atoms with E-state index in [0.717, 1.165) is 17.0 Å². The van der Waals surface area contributed by atoms with E-state index in [2.05, 4.69) is 5.16 Å². The summed E-state index contributed by atoms with van der Waals surface area (Å²) in [6, 6.07) is 9.58. The Morgan fingerprint density at radius 2 is 2.33 bits per heavy atom. The number of methoxy groups -OCH3 is 1. The first-order valence-corrected chi connectivity index (χ1v) is 4.61. The lowest BCUT2D eigenvalue weighted by Crippen LogP contribution is -2.06. The van der Waals surface area contributed by atoms with Gasteiger partial charge in [0.25, 0.3) is 0 Å². The molecule has 0 N–H and O–H groups in total. The van der Waals surface area contributed by atoms with E-state index in [1.165, 1.54) is 0 Å². The van der Waals surface area contributed by atoms with Crippen molar-refractivity contribution in [1.29, 1.82) is 5.26 Å². The lowest BCUT2D eigenvalue weighted by molar-refractivity contribution is 0.125. The maximum atomic E-state index is 8.68. The van der Waals surface area contributed by atoms with E-state index in [1.54, 1.807) is 7.11 Å². The van der Waals surface area contributed by atoms with Crippen molar-refractivity contribution in [2.24, 2.45) is 5.16 Å². The summed E-state index contributed by atoms with van der Waals surface area (Å²) in [7, 11) is 1.61. The Labute approximate surface area is 87.7 Å². The number of nitriles is 1. The number of para-hydroxylation sites is 1. The van der Waals surface area contributed by atoms with E-state index in [9.17, 15) is 0 Å². The van der Waals surface area contributed by atoms with E-state index in [4.69, 9.17) is 14.8 Å². The molecular formula is C11H10N2O2. The third-order valence-corrected chi connectivity index (χ3v) is 2.23. The molecule has 1 aromatic carbocycles. The molecule has 1 atom stereocenters. The largest absolute Gasteiger partial charge is 0.496 e. The van der Waals surface area contributed by atoms with Crippen LogP contribution in [-0.4, -0.2) is 18.9 Å². The Bertz CT molecular complexity index is 434. The highest BCUT2D eigenvalue weighted by Gasteiger charge is 2.23. The topological polar surface area (TPSA) is 54.6 Å². The van der Waals surface area contributed by atoms with Gasteiger partial charge in [0.15, 0.2) is 0 Å². The van der Waals surface area contributed by atoms with Crippen LogP contribution in [0.3, 0.4) is 0 Å². The second kappa shape index (κ2) is 4.01. The van der Waals surface area contributed by atoms with Crippen LogP contribution in [0.4, 0.5) is 0 Å². The minimum Gasteiger partial charge on any atom is -0.496 e. The molecule has 0 unspecified atom stereocenters.